The number of ketones is 1. The number of furan rings is 1. The van der Waals surface area contributed by atoms with Crippen LogP contribution in [0.4, 0.5) is 0 Å². The zero-order valence-electron chi connectivity index (χ0n) is 11.2. The Morgan fingerprint density at radius 2 is 2.12 bits per heavy atom. The summed E-state index contributed by atoms with van der Waals surface area (Å²) in [4.78, 5) is 11.7. The molecule has 0 bridgehead atoms. The summed E-state index contributed by atoms with van der Waals surface area (Å²) in [5.74, 6) is 2.83. The van der Waals surface area contributed by atoms with Gasteiger partial charge in [-0.15, -0.1) is 0 Å². The first-order valence-corrected chi connectivity index (χ1v) is 6.60. The summed E-state index contributed by atoms with van der Waals surface area (Å²) in [6.45, 7) is 8.31. The third-order valence-corrected chi connectivity index (χ3v) is 4.15. The number of carbonyl (C=O) groups is 1. The van der Waals surface area contributed by atoms with Crippen LogP contribution in [-0.4, -0.2) is 5.78 Å². The molecule has 2 heteroatoms. The highest BCUT2D eigenvalue weighted by atomic mass is 16.3. The highest BCUT2D eigenvalue weighted by Gasteiger charge is 2.40. The van der Waals surface area contributed by atoms with Gasteiger partial charge in [0.1, 0.15) is 11.5 Å². The van der Waals surface area contributed by atoms with Crippen LogP contribution in [0.3, 0.4) is 0 Å². The van der Waals surface area contributed by atoms with Crippen LogP contribution < -0.4 is 0 Å². The Balaban J connectivity index is 2.36. The number of hydrogen-bond donors (Lipinski definition) is 0. The molecule has 1 aliphatic rings. The summed E-state index contributed by atoms with van der Waals surface area (Å²) in [7, 11) is 0. The fourth-order valence-electron chi connectivity index (χ4n) is 3.17. The average molecular weight is 234 g/mol. The fraction of sp³-hybridized carbons (Fsp3) is 0.667. The number of rotatable bonds is 3. The quantitative estimate of drug-likeness (QED) is 0.787. The van der Waals surface area contributed by atoms with Crippen LogP contribution in [0, 0.1) is 11.8 Å². The first-order chi connectivity index (χ1) is 8.02. The zero-order chi connectivity index (χ0) is 12.6. The largest absolute Gasteiger partial charge is 0.469 e. The summed E-state index contributed by atoms with van der Waals surface area (Å²) < 4.78 is 5.71. The minimum atomic E-state index is 0.161. The molecule has 0 unspecified atom stereocenters. The van der Waals surface area contributed by atoms with Crippen molar-refractivity contribution in [3.05, 3.63) is 23.7 Å². The van der Waals surface area contributed by atoms with Crippen LogP contribution in [0.25, 0.3) is 0 Å². The van der Waals surface area contributed by atoms with E-state index >= 15 is 0 Å². The van der Waals surface area contributed by atoms with Gasteiger partial charge in [-0.25, -0.2) is 0 Å². The molecule has 0 saturated heterocycles. The molecule has 2 nitrogen and oxygen atoms in total. The van der Waals surface area contributed by atoms with Crippen molar-refractivity contribution < 1.29 is 9.21 Å². The van der Waals surface area contributed by atoms with Gasteiger partial charge in [-0.05, 0) is 43.2 Å². The van der Waals surface area contributed by atoms with Gasteiger partial charge in [-0.2, -0.15) is 0 Å². The van der Waals surface area contributed by atoms with Crippen LogP contribution >= 0.6 is 0 Å². The topological polar surface area (TPSA) is 30.2 Å². The lowest BCUT2D eigenvalue weighted by molar-refractivity contribution is -0.121. The molecule has 1 aromatic rings. The van der Waals surface area contributed by atoms with Gasteiger partial charge < -0.3 is 4.42 Å². The molecule has 0 aromatic carbocycles. The van der Waals surface area contributed by atoms with Crippen LogP contribution in [0.5, 0.6) is 0 Å². The van der Waals surface area contributed by atoms with Gasteiger partial charge in [0.25, 0.3) is 0 Å². The monoisotopic (exact) mass is 234 g/mol. The van der Waals surface area contributed by atoms with Crippen molar-refractivity contribution in [3.63, 3.8) is 0 Å². The Labute approximate surface area is 103 Å². The van der Waals surface area contributed by atoms with Crippen molar-refractivity contribution in [2.75, 3.05) is 0 Å². The Hall–Kier alpha value is -1.05. The molecule has 17 heavy (non-hydrogen) atoms. The van der Waals surface area contributed by atoms with Crippen LogP contribution in [0.15, 0.2) is 16.7 Å². The van der Waals surface area contributed by atoms with E-state index in [4.69, 9.17) is 4.42 Å². The van der Waals surface area contributed by atoms with E-state index in [9.17, 15) is 4.79 Å². The smallest absolute Gasteiger partial charge is 0.133 e. The maximum absolute atomic E-state index is 11.7. The predicted octanol–water partition coefficient (Wildman–Crippen LogP) is 4.12. The van der Waals surface area contributed by atoms with E-state index in [0.717, 1.165) is 18.6 Å². The van der Waals surface area contributed by atoms with Crippen molar-refractivity contribution in [1.82, 2.24) is 0 Å². The molecular formula is C15H22O2. The fourth-order valence-corrected chi connectivity index (χ4v) is 3.17. The van der Waals surface area contributed by atoms with E-state index in [1.165, 1.54) is 5.56 Å². The average Bonchev–Trinajstić information content (AvgIpc) is 2.82. The Morgan fingerprint density at radius 1 is 1.41 bits per heavy atom. The Morgan fingerprint density at radius 3 is 2.71 bits per heavy atom. The molecule has 0 amide bonds. The lowest BCUT2D eigenvalue weighted by Gasteiger charge is -2.21. The van der Waals surface area contributed by atoms with Gasteiger partial charge in [0.2, 0.25) is 0 Å². The summed E-state index contributed by atoms with van der Waals surface area (Å²) in [6, 6.07) is 2.06. The van der Waals surface area contributed by atoms with Gasteiger partial charge in [0.15, 0.2) is 0 Å². The van der Waals surface area contributed by atoms with E-state index in [1.54, 1.807) is 13.2 Å². The van der Waals surface area contributed by atoms with E-state index < -0.39 is 0 Å². The SMILES string of the molecule is CC(=O)[C@H]1CC[C@@H](C)[C@H]1c1occc1C(C)C. The number of Topliss-reactive ketones (excluding diaryl/α,β-unsaturated/α-hetero) is 1. The lowest BCUT2D eigenvalue weighted by atomic mass is 9.83. The molecule has 0 N–H and O–H groups in total. The van der Waals surface area contributed by atoms with Crippen LogP contribution in [0.1, 0.15) is 63.7 Å². The van der Waals surface area contributed by atoms with Gasteiger partial charge >= 0.3 is 0 Å². The summed E-state index contributed by atoms with van der Waals surface area (Å²) in [5, 5.41) is 0. The second-order valence-electron chi connectivity index (χ2n) is 5.69. The normalized spacial score (nSPS) is 28.9. The van der Waals surface area contributed by atoms with Crippen molar-refractivity contribution in [3.8, 4) is 0 Å². The molecule has 1 saturated carbocycles. The third kappa shape index (κ3) is 2.18. The molecule has 1 aliphatic carbocycles. The van der Waals surface area contributed by atoms with Gasteiger partial charge in [0.05, 0.1) is 6.26 Å². The molecule has 1 fully saturated rings. The standard InChI is InChI=1S/C15H22O2/c1-9(2)12-7-8-17-15(12)14-10(3)5-6-13(14)11(4)16/h7-10,13-14H,5-6H2,1-4H3/t10-,13-,14-/m1/s1. The molecular weight excluding hydrogens is 212 g/mol. The van der Waals surface area contributed by atoms with E-state index in [-0.39, 0.29) is 5.92 Å². The highest BCUT2D eigenvalue weighted by Crippen LogP contribution is 2.46. The molecule has 94 valence electrons. The number of hydrogen-bond acceptors (Lipinski definition) is 2. The van der Waals surface area contributed by atoms with E-state index in [1.807, 2.05) is 0 Å². The van der Waals surface area contributed by atoms with Gasteiger partial charge in [0, 0.05) is 11.8 Å². The first kappa shape index (κ1) is 12.4. The second kappa shape index (κ2) is 4.67. The second-order valence-corrected chi connectivity index (χ2v) is 5.69. The Bertz CT molecular complexity index is 403. The maximum atomic E-state index is 11.7. The van der Waals surface area contributed by atoms with Crippen LogP contribution in [-0.2, 0) is 4.79 Å². The third-order valence-electron chi connectivity index (χ3n) is 4.15. The molecule has 3 atom stereocenters. The van der Waals surface area contributed by atoms with Crippen molar-refractivity contribution in [1.29, 1.82) is 0 Å². The molecule has 0 spiro atoms. The molecule has 1 heterocycles. The predicted molar refractivity (Wildman–Crippen MR) is 68.1 cm³/mol. The van der Waals surface area contributed by atoms with Crippen molar-refractivity contribution in [2.45, 2.75) is 52.4 Å². The van der Waals surface area contributed by atoms with E-state index in [2.05, 4.69) is 26.8 Å². The number of carbonyl (C=O) groups excluding carboxylic acids is 1. The zero-order valence-corrected chi connectivity index (χ0v) is 11.2. The lowest BCUT2D eigenvalue weighted by Crippen LogP contribution is -2.18. The van der Waals surface area contributed by atoms with Gasteiger partial charge in [-0.3, -0.25) is 4.79 Å². The maximum Gasteiger partial charge on any atom is 0.133 e. The molecule has 0 aliphatic heterocycles. The summed E-state index contributed by atoms with van der Waals surface area (Å²) in [6.07, 6.45) is 3.92. The summed E-state index contributed by atoms with van der Waals surface area (Å²) >= 11 is 0. The van der Waals surface area contributed by atoms with Crippen molar-refractivity contribution >= 4 is 5.78 Å². The molecule has 0 radical (unpaired) electrons. The molecule has 1 aromatic heterocycles. The summed E-state index contributed by atoms with van der Waals surface area (Å²) in [5.41, 5.74) is 1.27. The Kier molecular flexibility index (Phi) is 3.41. The van der Waals surface area contributed by atoms with Gasteiger partial charge in [-0.1, -0.05) is 20.8 Å². The minimum absolute atomic E-state index is 0.161. The molecule has 2 rings (SSSR count). The first-order valence-electron chi connectivity index (χ1n) is 6.60. The van der Waals surface area contributed by atoms with Crippen molar-refractivity contribution in [2.24, 2.45) is 11.8 Å². The highest BCUT2D eigenvalue weighted by molar-refractivity contribution is 5.79. The van der Waals surface area contributed by atoms with E-state index in [0.29, 0.717) is 23.5 Å². The van der Waals surface area contributed by atoms with Crippen LogP contribution in [0.2, 0.25) is 0 Å². The minimum Gasteiger partial charge on any atom is -0.469 e.